The highest BCUT2D eigenvalue weighted by molar-refractivity contribution is 14.0. The molecule has 0 heterocycles. The highest BCUT2D eigenvalue weighted by atomic mass is 127. The fourth-order valence-electron chi connectivity index (χ4n) is 3.01. The maximum absolute atomic E-state index is 11.9. The van der Waals surface area contributed by atoms with E-state index in [1.165, 1.54) is 25.7 Å². The van der Waals surface area contributed by atoms with Gasteiger partial charge in [0.05, 0.1) is 6.10 Å². The van der Waals surface area contributed by atoms with E-state index in [9.17, 15) is 4.79 Å². The summed E-state index contributed by atoms with van der Waals surface area (Å²) in [4.78, 5) is 17.7. The third kappa shape index (κ3) is 8.47. The van der Waals surface area contributed by atoms with Crippen LogP contribution in [0, 0.1) is 0 Å². The van der Waals surface area contributed by atoms with E-state index in [0.717, 1.165) is 31.1 Å². The molecule has 2 rings (SSSR count). The van der Waals surface area contributed by atoms with Gasteiger partial charge in [-0.1, -0.05) is 25.0 Å². The lowest BCUT2D eigenvalue weighted by molar-refractivity contribution is 0.0574. The van der Waals surface area contributed by atoms with Gasteiger partial charge in [0.1, 0.15) is 0 Å². The summed E-state index contributed by atoms with van der Waals surface area (Å²) >= 11 is 0. The number of hydrogen-bond acceptors (Lipinski definition) is 3. The lowest BCUT2D eigenvalue weighted by Crippen LogP contribution is -2.37. The second-order valence-corrected chi connectivity index (χ2v) is 6.88. The van der Waals surface area contributed by atoms with Gasteiger partial charge < -0.3 is 20.3 Å². The molecular weight excluding hydrogens is 455 g/mol. The Labute approximate surface area is 180 Å². The van der Waals surface area contributed by atoms with Crippen LogP contribution in [0.2, 0.25) is 0 Å². The first kappa shape index (κ1) is 23.7. The third-order valence-electron chi connectivity index (χ3n) is 4.56. The van der Waals surface area contributed by atoms with Gasteiger partial charge in [-0.2, -0.15) is 0 Å². The molecule has 1 aliphatic carbocycles. The smallest absolute Gasteiger partial charge is 0.253 e. The van der Waals surface area contributed by atoms with E-state index in [-0.39, 0.29) is 29.9 Å². The normalized spacial score (nSPS) is 14.6. The van der Waals surface area contributed by atoms with Crippen LogP contribution in [0.25, 0.3) is 0 Å². The SMILES string of the molecule is CN=C(NCCCOC1CCCC1)NCc1ccc(C(=O)N(C)C)cc1.I. The lowest BCUT2D eigenvalue weighted by atomic mass is 10.1. The van der Waals surface area contributed by atoms with Crippen LogP contribution in [0.1, 0.15) is 48.0 Å². The van der Waals surface area contributed by atoms with Crippen molar-refractivity contribution < 1.29 is 9.53 Å². The van der Waals surface area contributed by atoms with Crippen LogP contribution < -0.4 is 10.6 Å². The van der Waals surface area contributed by atoms with Crippen molar-refractivity contribution >= 4 is 35.8 Å². The molecule has 27 heavy (non-hydrogen) atoms. The molecule has 2 N–H and O–H groups in total. The minimum atomic E-state index is 0. The van der Waals surface area contributed by atoms with Gasteiger partial charge in [-0.05, 0) is 37.0 Å². The van der Waals surface area contributed by atoms with E-state index in [4.69, 9.17) is 4.74 Å². The molecule has 1 amide bonds. The molecule has 7 heteroatoms. The molecule has 1 aliphatic rings. The monoisotopic (exact) mass is 488 g/mol. The molecule has 0 unspecified atom stereocenters. The summed E-state index contributed by atoms with van der Waals surface area (Å²) in [7, 11) is 5.28. The minimum absolute atomic E-state index is 0. The number of carbonyl (C=O) groups excluding carboxylic acids is 1. The number of carbonyl (C=O) groups is 1. The second kappa shape index (κ2) is 12.9. The van der Waals surface area contributed by atoms with E-state index in [2.05, 4.69) is 15.6 Å². The fourth-order valence-corrected chi connectivity index (χ4v) is 3.01. The molecule has 0 spiro atoms. The first-order valence-electron chi connectivity index (χ1n) is 9.47. The van der Waals surface area contributed by atoms with Gasteiger partial charge in [0.2, 0.25) is 0 Å². The van der Waals surface area contributed by atoms with Crippen molar-refractivity contribution in [2.45, 2.75) is 44.8 Å². The second-order valence-electron chi connectivity index (χ2n) is 6.88. The summed E-state index contributed by atoms with van der Waals surface area (Å²) in [5.41, 5.74) is 1.80. The zero-order valence-corrected chi connectivity index (χ0v) is 19.0. The molecular formula is C20H33IN4O2. The molecule has 6 nitrogen and oxygen atoms in total. The van der Waals surface area contributed by atoms with Crippen molar-refractivity contribution in [2.75, 3.05) is 34.3 Å². The molecule has 1 saturated carbocycles. The maximum Gasteiger partial charge on any atom is 0.253 e. The Hall–Kier alpha value is -1.35. The third-order valence-corrected chi connectivity index (χ3v) is 4.56. The van der Waals surface area contributed by atoms with Crippen molar-refractivity contribution in [3.8, 4) is 0 Å². The van der Waals surface area contributed by atoms with E-state index < -0.39 is 0 Å². The minimum Gasteiger partial charge on any atom is -0.378 e. The molecule has 0 atom stereocenters. The molecule has 0 aromatic heterocycles. The number of halogens is 1. The number of aliphatic imine (C=N–C) groups is 1. The van der Waals surface area contributed by atoms with E-state index in [1.54, 1.807) is 26.0 Å². The number of guanidine groups is 1. The summed E-state index contributed by atoms with van der Waals surface area (Å²) < 4.78 is 5.86. The Bertz CT molecular complexity index is 584. The van der Waals surface area contributed by atoms with Gasteiger partial charge >= 0.3 is 0 Å². The zero-order chi connectivity index (χ0) is 18.8. The van der Waals surface area contributed by atoms with E-state index in [1.807, 2.05) is 24.3 Å². The number of hydrogen-bond donors (Lipinski definition) is 2. The summed E-state index contributed by atoms with van der Waals surface area (Å²) in [5.74, 6) is 0.793. The Balaban J connectivity index is 0.00000364. The van der Waals surface area contributed by atoms with Crippen LogP contribution in [-0.4, -0.2) is 57.2 Å². The zero-order valence-electron chi connectivity index (χ0n) is 16.7. The van der Waals surface area contributed by atoms with Crippen molar-refractivity contribution in [2.24, 2.45) is 4.99 Å². The quantitative estimate of drug-likeness (QED) is 0.256. The average molecular weight is 488 g/mol. The topological polar surface area (TPSA) is 66.0 Å². The van der Waals surface area contributed by atoms with Crippen LogP contribution in [0.15, 0.2) is 29.3 Å². The maximum atomic E-state index is 11.9. The summed E-state index contributed by atoms with van der Waals surface area (Å²) in [6, 6.07) is 7.64. The molecule has 1 aromatic rings. The highest BCUT2D eigenvalue weighted by Crippen LogP contribution is 2.20. The number of nitrogens with zero attached hydrogens (tertiary/aromatic N) is 2. The first-order chi connectivity index (χ1) is 12.6. The van der Waals surface area contributed by atoms with Gasteiger partial charge in [-0.3, -0.25) is 9.79 Å². The standard InChI is InChI=1S/C20H32N4O2.HI/c1-21-20(22-13-6-14-26-18-7-4-5-8-18)23-15-16-9-11-17(12-10-16)19(25)24(2)3;/h9-12,18H,4-8,13-15H2,1-3H3,(H2,21,22,23);1H. The lowest BCUT2D eigenvalue weighted by Gasteiger charge is -2.14. The molecule has 1 aromatic carbocycles. The number of ether oxygens (including phenoxy) is 1. The molecule has 0 aliphatic heterocycles. The molecule has 0 bridgehead atoms. The predicted molar refractivity (Wildman–Crippen MR) is 121 cm³/mol. The summed E-state index contributed by atoms with van der Waals surface area (Å²) in [5, 5.41) is 6.60. The van der Waals surface area contributed by atoms with Crippen molar-refractivity contribution in [1.82, 2.24) is 15.5 Å². The van der Waals surface area contributed by atoms with Crippen LogP contribution >= 0.6 is 24.0 Å². The largest absolute Gasteiger partial charge is 0.378 e. The van der Waals surface area contributed by atoms with Gasteiger partial charge in [0.15, 0.2) is 5.96 Å². The van der Waals surface area contributed by atoms with Crippen molar-refractivity contribution in [3.63, 3.8) is 0 Å². The van der Waals surface area contributed by atoms with Crippen LogP contribution in [0.5, 0.6) is 0 Å². The van der Waals surface area contributed by atoms with Gasteiger partial charge in [0, 0.05) is 46.4 Å². The number of benzene rings is 1. The van der Waals surface area contributed by atoms with Crippen LogP contribution in [0.4, 0.5) is 0 Å². The Morgan fingerprint density at radius 3 is 2.44 bits per heavy atom. The molecule has 0 saturated heterocycles. The van der Waals surface area contributed by atoms with Gasteiger partial charge in [0.25, 0.3) is 5.91 Å². The summed E-state index contributed by atoms with van der Waals surface area (Å²) in [6.45, 7) is 2.30. The number of amides is 1. The molecule has 0 radical (unpaired) electrons. The van der Waals surface area contributed by atoms with Crippen LogP contribution in [0.3, 0.4) is 0 Å². The van der Waals surface area contributed by atoms with Crippen LogP contribution in [-0.2, 0) is 11.3 Å². The van der Waals surface area contributed by atoms with Gasteiger partial charge in [-0.25, -0.2) is 0 Å². The highest BCUT2D eigenvalue weighted by Gasteiger charge is 2.14. The van der Waals surface area contributed by atoms with E-state index >= 15 is 0 Å². The van der Waals surface area contributed by atoms with Gasteiger partial charge in [-0.15, -0.1) is 24.0 Å². The van der Waals surface area contributed by atoms with Crippen molar-refractivity contribution in [1.29, 1.82) is 0 Å². The first-order valence-corrected chi connectivity index (χ1v) is 9.47. The van der Waals surface area contributed by atoms with Crippen molar-refractivity contribution in [3.05, 3.63) is 35.4 Å². The predicted octanol–water partition coefficient (Wildman–Crippen LogP) is 3.02. The molecule has 1 fully saturated rings. The average Bonchev–Trinajstić information content (AvgIpc) is 3.17. The Morgan fingerprint density at radius 2 is 1.85 bits per heavy atom. The Kier molecular flexibility index (Phi) is 11.3. The number of rotatable bonds is 8. The number of nitrogens with one attached hydrogen (secondary N) is 2. The van der Waals surface area contributed by atoms with E-state index in [0.29, 0.717) is 18.2 Å². The fraction of sp³-hybridized carbons (Fsp3) is 0.600. The molecule has 152 valence electrons. The summed E-state index contributed by atoms with van der Waals surface area (Å²) in [6.07, 6.45) is 6.51. The Morgan fingerprint density at radius 1 is 1.19 bits per heavy atom.